The number of fused-ring (bicyclic) bond motifs is 1. The van der Waals surface area contributed by atoms with Crippen LogP contribution in [-0.4, -0.2) is 49.4 Å². The molecule has 0 saturated heterocycles. The highest BCUT2D eigenvalue weighted by Crippen LogP contribution is 2.24. The van der Waals surface area contributed by atoms with Gasteiger partial charge in [0.2, 0.25) is 0 Å². The third-order valence-electron chi connectivity index (χ3n) is 4.38. The summed E-state index contributed by atoms with van der Waals surface area (Å²) in [6.45, 7) is 3.17. The molecule has 0 fully saturated rings. The molecular weight excluding hydrogens is 334 g/mol. The van der Waals surface area contributed by atoms with Crippen LogP contribution in [0.15, 0.2) is 48.5 Å². The van der Waals surface area contributed by atoms with Crippen LogP contribution >= 0.6 is 12.4 Å². The molecule has 1 amide bonds. The number of halogens is 1. The van der Waals surface area contributed by atoms with Crippen LogP contribution in [0.4, 0.5) is 5.69 Å². The number of benzene rings is 2. The molecule has 4 nitrogen and oxygen atoms in total. The summed E-state index contributed by atoms with van der Waals surface area (Å²) in [5.41, 5.74) is 4.35. The molecule has 25 heavy (non-hydrogen) atoms. The zero-order valence-electron chi connectivity index (χ0n) is 14.9. The van der Waals surface area contributed by atoms with E-state index in [2.05, 4.69) is 22.3 Å². The second-order valence-corrected chi connectivity index (χ2v) is 6.56. The van der Waals surface area contributed by atoms with Gasteiger partial charge in [0.15, 0.2) is 0 Å². The van der Waals surface area contributed by atoms with Crippen LogP contribution < -0.4 is 5.32 Å². The van der Waals surface area contributed by atoms with Crippen molar-refractivity contribution >= 4 is 24.0 Å². The number of amides is 1. The molecule has 0 aromatic heterocycles. The molecule has 0 spiro atoms. The Hall–Kier alpha value is -2.04. The molecule has 5 heteroatoms. The number of nitrogens with zero attached hydrogens (tertiary/aromatic N) is 2. The molecule has 0 aliphatic carbocycles. The van der Waals surface area contributed by atoms with E-state index in [1.165, 1.54) is 5.56 Å². The van der Waals surface area contributed by atoms with Crippen molar-refractivity contribution in [2.24, 2.45) is 0 Å². The van der Waals surface area contributed by atoms with Crippen LogP contribution in [-0.2, 0) is 13.0 Å². The van der Waals surface area contributed by atoms with E-state index in [0.29, 0.717) is 6.54 Å². The lowest BCUT2D eigenvalue weighted by atomic mass is 10.1. The van der Waals surface area contributed by atoms with Crippen molar-refractivity contribution in [2.75, 3.05) is 39.0 Å². The van der Waals surface area contributed by atoms with Crippen molar-refractivity contribution < 1.29 is 4.79 Å². The van der Waals surface area contributed by atoms with E-state index in [1.807, 2.05) is 55.4 Å². The van der Waals surface area contributed by atoms with Crippen LogP contribution in [0, 0.1) is 0 Å². The second kappa shape index (κ2) is 8.88. The molecule has 0 saturated carbocycles. The first-order chi connectivity index (χ1) is 11.6. The summed E-state index contributed by atoms with van der Waals surface area (Å²) < 4.78 is 0. The molecular formula is C20H26ClN3O. The first-order valence-corrected chi connectivity index (χ1v) is 8.48. The zero-order chi connectivity index (χ0) is 16.9. The first-order valence-electron chi connectivity index (χ1n) is 8.48. The molecule has 2 aromatic rings. The van der Waals surface area contributed by atoms with Crippen molar-refractivity contribution in [3.05, 3.63) is 65.2 Å². The summed E-state index contributed by atoms with van der Waals surface area (Å²) in [5.74, 6) is 0.107. The van der Waals surface area contributed by atoms with Crippen LogP contribution in [0.3, 0.4) is 0 Å². The fourth-order valence-electron chi connectivity index (χ4n) is 3.00. The summed E-state index contributed by atoms with van der Waals surface area (Å²) in [6, 6.07) is 16.2. The van der Waals surface area contributed by atoms with E-state index in [0.717, 1.165) is 42.9 Å². The van der Waals surface area contributed by atoms with E-state index in [4.69, 9.17) is 0 Å². The summed E-state index contributed by atoms with van der Waals surface area (Å²) in [6.07, 6.45) is 0.993. The van der Waals surface area contributed by atoms with Gasteiger partial charge in [-0.2, -0.15) is 0 Å². The molecule has 134 valence electrons. The summed E-state index contributed by atoms with van der Waals surface area (Å²) >= 11 is 0. The van der Waals surface area contributed by atoms with Crippen molar-refractivity contribution in [1.82, 2.24) is 9.80 Å². The number of rotatable bonds is 6. The standard InChI is InChI=1S/C20H25N3O.ClH/c1-22(2)12-13-23(15-16-6-4-3-5-7-16)20(24)18-8-9-19-17(14-18)10-11-21-19;/h3-9,14,21H,10-13,15H2,1-2H3;1H. The molecule has 2 aromatic carbocycles. The Morgan fingerprint density at radius 3 is 2.56 bits per heavy atom. The predicted molar refractivity (Wildman–Crippen MR) is 106 cm³/mol. The Labute approximate surface area is 156 Å². The average molecular weight is 360 g/mol. The maximum absolute atomic E-state index is 13.0. The van der Waals surface area contributed by atoms with Crippen molar-refractivity contribution in [3.63, 3.8) is 0 Å². The number of carbonyl (C=O) groups is 1. The number of nitrogens with one attached hydrogen (secondary N) is 1. The molecule has 0 atom stereocenters. The molecule has 1 N–H and O–H groups in total. The number of carbonyl (C=O) groups excluding carboxylic acids is 1. The van der Waals surface area contributed by atoms with Gasteiger partial charge in [0.1, 0.15) is 0 Å². The summed E-state index contributed by atoms with van der Waals surface area (Å²) in [7, 11) is 4.07. The maximum atomic E-state index is 13.0. The smallest absolute Gasteiger partial charge is 0.254 e. The molecule has 1 aliphatic rings. The Morgan fingerprint density at radius 2 is 1.84 bits per heavy atom. The van der Waals surface area contributed by atoms with Gasteiger partial charge in [-0.15, -0.1) is 12.4 Å². The van der Waals surface area contributed by atoms with Gasteiger partial charge in [-0.3, -0.25) is 4.79 Å². The number of likely N-dealkylation sites (N-methyl/N-ethyl adjacent to an activating group) is 1. The van der Waals surface area contributed by atoms with Gasteiger partial charge in [0.05, 0.1) is 0 Å². The minimum absolute atomic E-state index is 0. The fraction of sp³-hybridized carbons (Fsp3) is 0.350. The highest BCUT2D eigenvalue weighted by molar-refractivity contribution is 5.95. The number of hydrogen-bond donors (Lipinski definition) is 1. The predicted octanol–water partition coefficient (Wildman–Crippen LogP) is 3.28. The van der Waals surface area contributed by atoms with E-state index in [1.54, 1.807) is 0 Å². The van der Waals surface area contributed by atoms with E-state index < -0.39 is 0 Å². The Morgan fingerprint density at radius 1 is 1.08 bits per heavy atom. The lowest BCUT2D eigenvalue weighted by Crippen LogP contribution is -2.36. The van der Waals surface area contributed by atoms with Gasteiger partial charge < -0.3 is 15.1 Å². The van der Waals surface area contributed by atoms with E-state index >= 15 is 0 Å². The number of hydrogen-bond acceptors (Lipinski definition) is 3. The van der Waals surface area contributed by atoms with Crippen molar-refractivity contribution in [1.29, 1.82) is 0 Å². The monoisotopic (exact) mass is 359 g/mol. The maximum Gasteiger partial charge on any atom is 0.254 e. The topological polar surface area (TPSA) is 35.6 Å². The molecule has 1 aliphatic heterocycles. The normalized spacial score (nSPS) is 12.3. The largest absolute Gasteiger partial charge is 0.384 e. The van der Waals surface area contributed by atoms with Gasteiger partial charge in [0.25, 0.3) is 5.91 Å². The Kier molecular flexibility index (Phi) is 6.85. The highest BCUT2D eigenvalue weighted by atomic mass is 35.5. The van der Waals surface area contributed by atoms with Crippen molar-refractivity contribution in [2.45, 2.75) is 13.0 Å². The minimum atomic E-state index is 0. The average Bonchev–Trinajstić information content (AvgIpc) is 3.06. The SMILES string of the molecule is CN(C)CCN(Cc1ccccc1)C(=O)c1ccc2c(c1)CCN2.Cl. The van der Waals surface area contributed by atoms with Gasteiger partial charge in [0, 0.05) is 37.4 Å². The minimum Gasteiger partial charge on any atom is -0.384 e. The van der Waals surface area contributed by atoms with Crippen LogP contribution in [0.25, 0.3) is 0 Å². The van der Waals surface area contributed by atoms with Gasteiger partial charge in [-0.25, -0.2) is 0 Å². The quantitative estimate of drug-likeness (QED) is 0.859. The molecule has 0 unspecified atom stereocenters. The third kappa shape index (κ3) is 4.97. The fourth-order valence-corrected chi connectivity index (χ4v) is 3.00. The Bertz CT molecular complexity index is 703. The second-order valence-electron chi connectivity index (χ2n) is 6.56. The number of anilines is 1. The molecule has 3 rings (SSSR count). The van der Waals surface area contributed by atoms with Crippen LogP contribution in [0.1, 0.15) is 21.5 Å². The summed E-state index contributed by atoms with van der Waals surface area (Å²) in [5, 5.41) is 3.34. The van der Waals surface area contributed by atoms with E-state index in [9.17, 15) is 4.79 Å². The molecule has 1 heterocycles. The van der Waals surface area contributed by atoms with Gasteiger partial charge in [-0.1, -0.05) is 30.3 Å². The lowest BCUT2D eigenvalue weighted by molar-refractivity contribution is 0.0732. The Balaban J connectivity index is 0.00000225. The first kappa shape index (κ1) is 19.3. The molecule has 0 bridgehead atoms. The molecule has 0 radical (unpaired) electrons. The van der Waals surface area contributed by atoms with Crippen molar-refractivity contribution in [3.8, 4) is 0 Å². The van der Waals surface area contributed by atoms with Gasteiger partial charge in [-0.05, 0) is 49.8 Å². The van der Waals surface area contributed by atoms with Crippen LogP contribution in [0.5, 0.6) is 0 Å². The zero-order valence-corrected chi connectivity index (χ0v) is 15.7. The van der Waals surface area contributed by atoms with E-state index in [-0.39, 0.29) is 18.3 Å². The lowest BCUT2D eigenvalue weighted by Gasteiger charge is -2.25. The highest BCUT2D eigenvalue weighted by Gasteiger charge is 2.19. The summed E-state index contributed by atoms with van der Waals surface area (Å²) in [4.78, 5) is 17.1. The van der Waals surface area contributed by atoms with Gasteiger partial charge >= 0.3 is 0 Å². The van der Waals surface area contributed by atoms with Crippen LogP contribution in [0.2, 0.25) is 0 Å². The third-order valence-corrected chi connectivity index (χ3v) is 4.38.